The number of rotatable bonds is 3. The standard InChI is InChI=1S/C11H16ClN3O2/c1-11(2,3)17-10(16)6-8-7(12)4-5-9(14-8)15-13/h4-5H,6,13H2,1-3H3,(H,14,15). The van der Waals surface area contributed by atoms with Crippen LogP contribution < -0.4 is 11.3 Å². The van der Waals surface area contributed by atoms with Crippen LogP contribution in [-0.2, 0) is 16.0 Å². The van der Waals surface area contributed by atoms with Gasteiger partial charge in [-0.15, -0.1) is 0 Å². The summed E-state index contributed by atoms with van der Waals surface area (Å²) in [7, 11) is 0. The third kappa shape index (κ3) is 4.58. The Bertz CT molecular complexity index is 416. The Morgan fingerprint density at radius 3 is 2.71 bits per heavy atom. The van der Waals surface area contributed by atoms with Crippen molar-refractivity contribution >= 4 is 23.4 Å². The zero-order valence-corrected chi connectivity index (χ0v) is 10.8. The molecule has 1 heterocycles. The lowest BCUT2D eigenvalue weighted by Gasteiger charge is -2.19. The van der Waals surface area contributed by atoms with Gasteiger partial charge >= 0.3 is 5.97 Å². The topological polar surface area (TPSA) is 77.2 Å². The number of aromatic nitrogens is 1. The minimum absolute atomic E-state index is 0.0195. The molecule has 1 aromatic heterocycles. The van der Waals surface area contributed by atoms with Gasteiger partial charge in [-0.05, 0) is 32.9 Å². The summed E-state index contributed by atoms with van der Waals surface area (Å²) in [6.07, 6.45) is 0.0195. The van der Waals surface area contributed by atoms with Gasteiger partial charge < -0.3 is 10.2 Å². The van der Waals surface area contributed by atoms with E-state index >= 15 is 0 Å². The molecule has 0 aromatic carbocycles. The summed E-state index contributed by atoms with van der Waals surface area (Å²) in [5.41, 5.74) is 2.31. The first-order valence-corrected chi connectivity index (χ1v) is 5.53. The normalized spacial score (nSPS) is 11.1. The first kappa shape index (κ1) is 13.7. The fourth-order valence-corrected chi connectivity index (χ4v) is 1.38. The summed E-state index contributed by atoms with van der Waals surface area (Å²) in [5.74, 6) is 5.31. The second-order valence-electron chi connectivity index (χ2n) is 4.53. The number of hydrogen-bond donors (Lipinski definition) is 2. The summed E-state index contributed by atoms with van der Waals surface area (Å²) >= 11 is 5.93. The van der Waals surface area contributed by atoms with Crippen LogP contribution in [0.2, 0.25) is 5.02 Å². The Hall–Kier alpha value is -1.33. The molecule has 17 heavy (non-hydrogen) atoms. The number of esters is 1. The van der Waals surface area contributed by atoms with Crippen LogP contribution in [0.15, 0.2) is 12.1 Å². The number of nitrogens with one attached hydrogen (secondary N) is 1. The van der Waals surface area contributed by atoms with Crippen molar-refractivity contribution in [3.63, 3.8) is 0 Å². The van der Waals surface area contributed by atoms with Crippen molar-refractivity contribution in [1.29, 1.82) is 0 Å². The van der Waals surface area contributed by atoms with Crippen molar-refractivity contribution in [2.75, 3.05) is 5.43 Å². The molecular weight excluding hydrogens is 242 g/mol. The van der Waals surface area contributed by atoms with Crippen molar-refractivity contribution in [3.05, 3.63) is 22.8 Å². The molecular formula is C11H16ClN3O2. The van der Waals surface area contributed by atoms with E-state index in [2.05, 4.69) is 10.4 Å². The summed E-state index contributed by atoms with van der Waals surface area (Å²) in [5, 5.41) is 0.412. The molecule has 1 rings (SSSR count). The molecule has 6 heteroatoms. The number of carbonyl (C=O) groups excluding carboxylic acids is 1. The van der Waals surface area contributed by atoms with Crippen LogP contribution in [-0.4, -0.2) is 16.6 Å². The summed E-state index contributed by atoms with van der Waals surface area (Å²) in [4.78, 5) is 15.7. The molecule has 1 aromatic rings. The van der Waals surface area contributed by atoms with Gasteiger partial charge in [0, 0.05) is 0 Å². The lowest BCUT2D eigenvalue weighted by Crippen LogP contribution is -2.25. The van der Waals surface area contributed by atoms with Crippen molar-refractivity contribution < 1.29 is 9.53 Å². The molecule has 0 radical (unpaired) electrons. The molecule has 0 atom stereocenters. The van der Waals surface area contributed by atoms with E-state index in [-0.39, 0.29) is 12.4 Å². The summed E-state index contributed by atoms with van der Waals surface area (Å²) in [6.45, 7) is 5.41. The van der Waals surface area contributed by atoms with E-state index in [1.54, 1.807) is 32.9 Å². The molecule has 0 saturated carbocycles. The van der Waals surface area contributed by atoms with Crippen LogP contribution in [0.1, 0.15) is 26.5 Å². The molecule has 0 amide bonds. The predicted octanol–water partition coefficient (Wildman–Crippen LogP) is 1.90. The molecule has 0 unspecified atom stereocenters. The Morgan fingerprint density at radius 2 is 2.18 bits per heavy atom. The number of halogens is 1. The van der Waals surface area contributed by atoms with E-state index in [4.69, 9.17) is 22.2 Å². The maximum Gasteiger partial charge on any atom is 0.312 e. The molecule has 0 aliphatic heterocycles. The molecule has 0 bridgehead atoms. The molecule has 0 aliphatic rings. The number of pyridine rings is 1. The first-order valence-electron chi connectivity index (χ1n) is 5.16. The zero-order valence-electron chi connectivity index (χ0n) is 10.1. The largest absolute Gasteiger partial charge is 0.460 e. The smallest absolute Gasteiger partial charge is 0.312 e. The quantitative estimate of drug-likeness (QED) is 0.491. The average Bonchev–Trinajstić information content (AvgIpc) is 2.18. The van der Waals surface area contributed by atoms with Crippen LogP contribution in [0.5, 0.6) is 0 Å². The van der Waals surface area contributed by atoms with Crippen molar-refractivity contribution in [3.8, 4) is 0 Å². The lowest BCUT2D eigenvalue weighted by atomic mass is 10.2. The van der Waals surface area contributed by atoms with Gasteiger partial charge in [-0.25, -0.2) is 10.8 Å². The van der Waals surface area contributed by atoms with E-state index in [0.717, 1.165) is 0 Å². The van der Waals surface area contributed by atoms with Crippen molar-refractivity contribution in [2.45, 2.75) is 32.8 Å². The minimum Gasteiger partial charge on any atom is -0.460 e. The number of hydrazine groups is 1. The molecule has 0 aliphatic carbocycles. The van der Waals surface area contributed by atoms with Gasteiger partial charge in [0.2, 0.25) is 0 Å². The number of nitrogen functional groups attached to an aromatic ring is 1. The maximum atomic E-state index is 11.6. The highest BCUT2D eigenvalue weighted by Crippen LogP contribution is 2.18. The molecule has 94 valence electrons. The van der Waals surface area contributed by atoms with Gasteiger partial charge in [0.25, 0.3) is 0 Å². The van der Waals surface area contributed by atoms with Crippen LogP contribution in [0, 0.1) is 0 Å². The number of ether oxygens (including phenoxy) is 1. The average molecular weight is 258 g/mol. The highest BCUT2D eigenvalue weighted by atomic mass is 35.5. The van der Waals surface area contributed by atoms with Crippen LogP contribution >= 0.6 is 11.6 Å². The second kappa shape index (κ2) is 5.33. The van der Waals surface area contributed by atoms with Crippen molar-refractivity contribution in [2.24, 2.45) is 5.84 Å². The Labute approximate surface area is 105 Å². The van der Waals surface area contributed by atoms with E-state index in [1.165, 1.54) is 0 Å². The summed E-state index contributed by atoms with van der Waals surface area (Å²) < 4.78 is 5.18. The zero-order chi connectivity index (χ0) is 13.1. The third-order valence-corrected chi connectivity index (χ3v) is 2.14. The SMILES string of the molecule is CC(C)(C)OC(=O)Cc1nc(NN)ccc1Cl. The van der Waals surface area contributed by atoms with E-state index < -0.39 is 5.60 Å². The van der Waals surface area contributed by atoms with Crippen LogP contribution in [0.25, 0.3) is 0 Å². The van der Waals surface area contributed by atoms with E-state index in [9.17, 15) is 4.79 Å². The summed E-state index contributed by atoms with van der Waals surface area (Å²) in [6, 6.07) is 3.25. The molecule has 0 fully saturated rings. The molecule has 5 nitrogen and oxygen atoms in total. The Balaban J connectivity index is 2.77. The lowest BCUT2D eigenvalue weighted by molar-refractivity contribution is -0.153. The third-order valence-electron chi connectivity index (χ3n) is 1.80. The fourth-order valence-electron chi connectivity index (χ4n) is 1.20. The highest BCUT2D eigenvalue weighted by molar-refractivity contribution is 6.31. The highest BCUT2D eigenvalue weighted by Gasteiger charge is 2.18. The Kier molecular flexibility index (Phi) is 4.31. The number of hydrogen-bond acceptors (Lipinski definition) is 5. The molecule has 0 saturated heterocycles. The molecule has 3 N–H and O–H groups in total. The van der Waals surface area contributed by atoms with E-state index in [0.29, 0.717) is 16.5 Å². The first-order chi connectivity index (χ1) is 7.81. The monoisotopic (exact) mass is 257 g/mol. The van der Waals surface area contributed by atoms with Crippen molar-refractivity contribution in [1.82, 2.24) is 4.98 Å². The fraction of sp³-hybridized carbons (Fsp3) is 0.455. The Morgan fingerprint density at radius 1 is 1.53 bits per heavy atom. The van der Waals surface area contributed by atoms with Gasteiger partial charge in [0.05, 0.1) is 17.1 Å². The number of nitrogens with two attached hydrogens (primary N) is 1. The van der Waals surface area contributed by atoms with Gasteiger partial charge in [-0.2, -0.15) is 0 Å². The number of nitrogens with zero attached hydrogens (tertiary/aromatic N) is 1. The molecule has 0 spiro atoms. The van der Waals surface area contributed by atoms with Crippen LogP contribution in [0.3, 0.4) is 0 Å². The van der Waals surface area contributed by atoms with Gasteiger partial charge in [-0.3, -0.25) is 4.79 Å². The van der Waals surface area contributed by atoms with Gasteiger partial charge in [0.15, 0.2) is 0 Å². The van der Waals surface area contributed by atoms with Crippen LogP contribution in [0.4, 0.5) is 5.82 Å². The number of carbonyl (C=O) groups is 1. The predicted molar refractivity (Wildman–Crippen MR) is 66.6 cm³/mol. The van der Waals surface area contributed by atoms with Gasteiger partial charge in [-0.1, -0.05) is 11.6 Å². The number of anilines is 1. The maximum absolute atomic E-state index is 11.6. The second-order valence-corrected chi connectivity index (χ2v) is 4.94. The van der Waals surface area contributed by atoms with E-state index in [1.807, 2.05) is 0 Å². The van der Waals surface area contributed by atoms with Gasteiger partial charge in [0.1, 0.15) is 11.4 Å². The minimum atomic E-state index is -0.521.